The first-order valence-electron chi connectivity index (χ1n) is 10.3. The van der Waals surface area contributed by atoms with Crippen LogP contribution < -0.4 is 4.74 Å². The van der Waals surface area contributed by atoms with Gasteiger partial charge in [0.15, 0.2) is 0 Å². The van der Waals surface area contributed by atoms with Gasteiger partial charge in [-0.05, 0) is 74.1 Å². The van der Waals surface area contributed by atoms with Gasteiger partial charge in [-0.3, -0.25) is 9.59 Å². The van der Waals surface area contributed by atoms with Gasteiger partial charge in [0.05, 0.1) is 5.60 Å². The normalized spacial score (nSPS) is 38.8. The average molecular weight is 386 g/mol. The zero-order valence-electron chi connectivity index (χ0n) is 17.2. The van der Waals surface area contributed by atoms with Gasteiger partial charge in [0.2, 0.25) is 0 Å². The van der Waals surface area contributed by atoms with Crippen LogP contribution in [-0.2, 0) is 20.7 Å². The average Bonchev–Trinajstić information content (AvgIpc) is 2.88. The SMILES string of the molecule is CC(=O)Oc1ccc2c(c1)CC[C@H]1[C@@H]3CC[C@H](OC(C)=O)[C@]3(C)C[C@@](C)(O)[C@@H]21. The molecule has 0 aliphatic heterocycles. The highest BCUT2D eigenvalue weighted by molar-refractivity contribution is 5.69. The third kappa shape index (κ3) is 3.04. The third-order valence-corrected chi connectivity index (χ3v) is 7.44. The Hall–Kier alpha value is -1.88. The molecule has 1 aromatic rings. The van der Waals surface area contributed by atoms with E-state index in [-0.39, 0.29) is 29.4 Å². The van der Waals surface area contributed by atoms with Crippen LogP contribution in [0.3, 0.4) is 0 Å². The smallest absolute Gasteiger partial charge is 0.308 e. The molecular formula is C23H30O5. The van der Waals surface area contributed by atoms with Gasteiger partial charge in [0.25, 0.3) is 0 Å². The van der Waals surface area contributed by atoms with Crippen LogP contribution in [-0.4, -0.2) is 28.8 Å². The second-order valence-electron chi connectivity index (χ2n) is 9.46. The van der Waals surface area contributed by atoms with Crippen LogP contribution in [0.15, 0.2) is 18.2 Å². The van der Waals surface area contributed by atoms with Crippen molar-refractivity contribution in [2.24, 2.45) is 17.3 Å². The maximum Gasteiger partial charge on any atom is 0.308 e. The Bertz CT molecular complexity index is 813. The number of ether oxygens (including phenoxy) is 2. The molecule has 0 heterocycles. The number of esters is 2. The zero-order valence-corrected chi connectivity index (χ0v) is 17.2. The van der Waals surface area contributed by atoms with E-state index in [1.165, 1.54) is 25.0 Å². The Morgan fingerprint density at radius 1 is 1.11 bits per heavy atom. The van der Waals surface area contributed by atoms with Crippen LogP contribution in [0.25, 0.3) is 0 Å². The molecule has 152 valence electrons. The molecule has 0 spiro atoms. The van der Waals surface area contributed by atoms with E-state index >= 15 is 0 Å². The van der Waals surface area contributed by atoms with Gasteiger partial charge in [-0.1, -0.05) is 13.0 Å². The summed E-state index contributed by atoms with van der Waals surface area (Å²) in [5.74, 6) is 0.861. The fourth-order valence-electron chi connectivity index (χ4n) is 6.73. The number of aryl methyl sites for hydroxylation is 1. The number of carbonyl (C=O) groups is 2. The van der Waals surface area contributed by atoms with Crippen LogP contribution in [0.2, 0.25) is 0 Å². The minimum atomic E-state index is -0.878. The minimum absolute atomic E-state index is 0.0526. The van der Waals surface area contributed by atoms with Crippen LogP contribution in [0, 0.1) is 17.3 Å². The van der Waals surface area contributed by atoms with Crippen molar-refractivity contribution in [3.63, 3.8) is 0 Å². The topological polar surface area (TPSA) is 72.8 Å². The summed E-state index contributed by atoms with van der Waals surface area (Å²) in [5.41, 5.74) is 1.27. The Balaban J connectivity index is 1.69. The van der Waals surface area contributed by atoms with Crippen molar-refractivity contribution in [1.29, 1.82) is 0 Å². The van der Waals surface area contributed by atoms with E-state index in [4.69, 9.17) is 9.47 Å². The van der Waals surface area contributed by atoms with Crippen molar-refractivity contribution < 1.29 is 24.2 Å². The molecule has 2 saturated carbocycles. The van der Waals surface area contributed by atoms with Gasteiger partial charge < -0.3 is 14.6 Å². The van der Waals surface area contributed by atoms with E-state index in [1.807, 2.05) is 25.1 Å². The van der Waals surface area contributed by atoms with Crippen molar-refractivity contribution in [2.45, 2.75) is 77.4 Å². The summed E-state index contributed by atoms with van der Waals surface area (Å²) in [6.45, 7) is 7.01. The highest BCUT2D eigenvalue weighted by atomic mass is 16.5. The minimum Gasteiger partial charge on any atom is -0.462 e. The Labute approximate surface area is 166 Å². The molecule has 0 bridgehead atoms. The lowest BCUT2D eigenvalue weighted by molar-refractivity contribution is -0.166. The molecule has 0 saturated heterocycles. The van der Waals surface area contributed by atoms with Crippen molar-refractivity contribution >= 4 is 11.9 Å². The third-order valence-electron chi connectivity index (χ3n) is 7.44. The molecule has 0 unspecified atom stereocenters. The standard InChI is InChI=1S/C23H30O5/c1-13(24)27-16-6-8-17-15(11-16)5-7-18-19-9-10-20(28-14(2)25)22(19,3)12-23(4,26)21(17)18/h6,8,11,18-21,26H,5,7,9-10,12H2,1-4H3/t18-,19-,20-,21-,22+,23+/m0/s1. The number of benzene rings is 1. The molecule has 0 radical (unpaired) electrons. The molecule has 0 aromatic heterocycles. The van der Waals surface area contributed by atoms with Gasteiger partial charge in [0, 0.05) is 25.2 Å². The van der Waals surface area contributed by atoms with E-state index in [0.717, 1.165) is 25.7 Å². The summed E-state index contributed by atoms with van der Waals surface area (Å²) in [7, 11) is 0. The first kappa shape index (κ1) is 19.4. The van der Waals surface area contributed by atoms with Crippen LogP contribution >= 0.6 is 0 Å². The molecule has 6 atom stereocenters. The summed E-state index contributed by atoms with van der Waals surface area (Å²) in [5, 5.41) is 11.6. The first-order chi connectivity index (χ1) is 13.1. The highest BCUT2D eigenvalue weighted by Crippen LogP contribution is 2.64. The molecular weight excluding hydrogens is 356 g/mol. The number of rotatable bonds is 2. The molecule has 3 aliphatic rings. The molecule has 2 fully saturated rings. The fourth-order valence-corrected chi connectivity index (χ4v) is 6.73. The molecule has 0 amide bonds. The van der Waals surface area contributed by atoms with Crippen LogP contribution in [0.4, 0.5) is 0 Å². The van der Waals surface area contributed by atoms with Gasteiger partial charge in [0.1, 0.15) is 11.9 Å². The number of fused-ring (bicyclic) bond motifs is 5. The molecule has 3 aliphatic carbocycles. The van der Waals surface area contributed by atoms with Crippen molar-refractivity contribution in [1.82, 2.24) is 0 Å². The first-order valence-corrected chi connectivity index (χ1v) is 10.3. The maximum absolute atomic E-state index is 11.6. The lowest BCUT2D eigenvalue weighted by Gasteiger charge is -2.56. The predicted molar refractivity (Wildman–Crippen MR) is 104 cm³/mol. The molecule has 1 aromatic carbocycles. The molecule has 5 heteroatoms. The van der Waals surface area contributed by atoms with Gasteiger partial charge >= 0.3 is 11.9 Å². The monoisotopic (exact) mass is 386 g/mol. The summed E-state index contributed by atoms with van der Waals surface area (Å²) >= 11 is 0. The molecule has 28 heavy (non-hydrogen) atoms. The maximum atomic E-state index is 11.6. The fraction of sp³-hybridized carbons (Fsp3) is 0.652. The second kappa shape index (κ2) is 6.58. The lowest BCUT2D eigenvalue weighted by Crippen LogP contribution is -2.55. The molecule has 1 N–H and O–H groups in total. The number of aliphatic hydroxyl groups is 1. The van der Waals surface area contributed by atoms with E-state index in [9.17, 15) is 14.7 Å². The van der Waals surface area contributed by atoms with Crippen LogP contribution in [0.1, 0.15) is 70.4 Å². The summed E-state index contributed by atoms with van der Waals surface area (Å²) in [6.07, 6.45) is 4.31. The predicted octanol–water partition coefficient (Wildman–Crippen LogP) is 3.76. The van der Waals surface area contributed by atoms with Gasteiger partial charge in [-0.25, -0.2) is 0 Å². The largest absolute Gasteiger partial charge is 0.462 e. The Morgan fingerprint density at radius 3 is 2.54 bits per heavy atom. The van der Waals surface area contributed by atoms with Crippen molar-refractivity contribution in [2.75, 3.05) is 0 Å². The number of hydrogen-bond acceptors (Lipinski definition) is 5. The second-order valence-corrected chi connectivity index (χ2v) is 9.46. The number of hydrogen-bond donors (Lipinski definition) is 1. The van der Waals surface area contributed by atoms with Crippen molar-refractivity contribution in [3.05, 3.63) is 29.3 Å². The summed E-state index contributed by atoms with van der Waals surface area (Å²) in [4.78, 5) is 22.9. The Morgan fingerprint density at radius 2 is 1.86 bits per heavy atom. The van der Waals surface area contributed by atoms with Crippen molar-refractivity contribution in [3.8, 4) is 5.75 Å². The van der Waals surface area contributed by atoms with E-state index in [0.29, 0.717) is 24.0 Å². The van der Waals surface area contributed by atoms with Gasteiger partial charge in [-0.15, -0.1) is 0 Å². The van der Waals surface area contributed by atoms with E-state index < -0.39 is 5.60 Å². The quantitative estimate of drug-likeness (QED) is 0.619. The summed E-state index contributed by atoms with van der Waals surface area (Å²) in [6, 6.07) is 5.82. The molecule has 4 rings (SSSR count). The van der Waals surface area contributed by atoms with Crippen LogP contribution in [0.5, 0.6) is 5.75 Å². The number of carbonyl (C=O) groups excluding carboxylic acids is 2. The highest BCUT2D eigenvalue weighted by Gasteiger charge is 2.62. The van der Waals surface area contributed by atoms with E-state index in [2.05, 4.69) is 6.92 Å². The molecule has 5 nitrogen and oxygen atoms in total. The summed E-state index contributed by atoms with van der Waals surface area (Å²) < 4.78 is 10.9. The van der Waals surface area contributed by atoms with Gasteiger partial charge in [-0.2, -0.15) is 0 Å². The zero-order chi connectivity index (χ0) is 20.3. The Kier molecular flexibility index (Phi) is 4.57. The van der Waals surface area contributed by atoms with E-state index in [1.54, 1.807) is 0 Å². The lowest BCUT2D eigenvalue weighted by atomic mass is 9.50.